The first-order valence-corrected chi connectivity index (χ1v) is 5.22. The lowest BCUT2D eigenvalue weighted by Crippen LogP contribution is -2.03. The van der Waals surface area contributed by atoms with E-state index >= 15 is 0 Å². The van der Waals surface area contributed by atoms with E-state index in [0.29, 0.717) is 13.1 Å². The summed E-state index contributed by atoms with van der Waals surface area (Å²) in [6.07, 6.45) is 8.70. The summed E-state index contributed by atoms with van der Waals surface area (Å²) in [4.78, 5) is 13.7. The average Bonchev–Trinajstić information content (AvgIpc) is 2.92. The number of nitrogens with zero attached hydrogens (tertiary/aromatic N) is 2. The van der Waals surface area contributed by atoms with Crippen LogP contribution in [0.15, 0.2) is 24.9 Å². The third-order valence-electron chi connectivity index (χ3n) is 1.90. The maximum absolute atomic E-state index is 5.27. The van der Waals surface area contributed by atoms with Gasteiger partial charge in [-0.05, 0) is 13.1 Å². The van der Waals surface area contributed by atoms with Crippen molar-refractivity contribution in [2.75, 3.05) is 13.1 Å². The highest BCUT2D eigenvalue weighted by Gasteiger charge is 1.88. The van der Waals surface area contributed by atoms with Gasteiger partial charge in [-0.1, -0.05) is 0 Å². The number of H-pyrrole nitrogens is 2. The highest BCUT2D eigenvalue weighted by Crippen LogP contribution is 1.88. The SMILES string of the molecule is NCCc1cnc[nH]1.NCCc1ncc[nH]1. The zero-order valence-corrected chi connectivity index (χ0v) is 9.19. The number of nitrogens with one attached hydrogen (secondary N) is 2. The first-order valence-electron chi connectivity index (χ1n) is 5.22. The van der Waals surface area contributed by atoms with Crippen molar-refractivity contribution >= 4 is 0 Å². The van der Waals surface area contributed by atoms with Crippen molar-refractivity contribution in [3.05, 3.63) is 36.4 Å². The Morgan fingerprint density at radius 3 is 2.44 bits per heavy atom. The Labute approximate surface area is 94.5 Å². The van der Waals surface area contributed by atoms with Gasteiger partial charge in [-0.3, -0.25) is 0 Å². The molecule has 2 heterocycles. The molecule has 0 aromatic carbocycles. The van der Waals surface area contributed by atoms with Gasteiger partial charge in [0.05, 0.1) is 6.33 Å². The molecule has 0 atom stereocenters. The highest BCUT2D eigenvalue weighted by molar-refractivity contribution is 4.93. The van der Waals surface area contributed by atoms with E-state index in [0.717, 1.165) is 24.4 Å². The largest absolute Gasteiger partial charge is 0.349 e. The van der Waals surface area contributed by atoms with Gasteiger partial charge in [-0.15, -0.1) is 0 Å². The number of aromatic nitrogens is 4. The summed E-state index contributed by atoms with van der Waals surface area (Å²) in [5, 5.41) is 0. The maximum atomic E-state index is 5.27. The van der Waals surface area contributed by atoms with E-state index in [2.05, 4.69) is 19.9 Å². The van der Waals surface area contributed by atoms with Gasteiger partial charge in [0.25, 0.3) is 0 Å². The molecule has 2 rings (SSSR count). The van der Waals surface area contributed by atoms with Crippen molar-refractivity contribution in [2.45, 2.75) is 12.8 Å². The summed E-state index contributed by atoms with van der Waals surface area (Å²) in [7, 11) is 0. The Morgan fingerprint density at radius 2 is 1.94 bits per heavy atom. The van der Waals surface area contributed by atoms with Crippen LogP contribution in [0.2, 0.25) is 0 Å². The van der Waals surface area contributed by atoms with Crippen molar-refractivity contribution in [1.82, 2.24) is 19.9 Å². The standard InChI is InChI=1S/2C5H9N3/c6-2-1-5-3-7-4-8-5;6-2-1-5-7-3-4-8-5/h2*3-4H,1-2,6H2,(H,7,8). The molecule has 0 spiro atoms. The normalized spacial score (nSPS) is 9.62. The van der Waals surface area contributed by atoms with Crippen LogP contribution < -0.4 is 11.5 Å². The first-order chi connectivity index (χ1) is 7.86. The number of aromatic amines is 2. The van der Waals surface area contributed by atoms with Gasteiger partial charge in [0.2, 0.25) is 0 Å². The molecule has 0 radical (unpaired) electrons. The average molecular weight is 222 g/mol. The van der Waals surface area contributed by atoms with Crippen LogP contribution in [0.25, 0.3) is 0 Å². The number of hydrogen-bond donors (Lipinski definition) is 4. The molecule has 0 saturated carbocycles. The van der Waals surface area contributed by atoms with Gasteiger partial charge >= 0.3 is 0 Å². The molecule has 0 aliphatic rings. The molecular weight excluding hydrogens is 204 g/mol. The molecule has 6 nitrogen and oxygen atoms in total. The zero-order valence-electron chi connectivity index (χ0n) is 9.19. The van der Waals surface area contributed by atoms with Gasteiger partial charge < -0.3 is 21.4 Å². The molecule has 6 N–H and O–H groups in total. The van der Waals surface area contributed by atoms with E-state index in [-0.39, 0.29) is 0 Å². The second kappa shape index (κ2) is 7.61. The Hall–Kier alpha value is -1.66. The summed E-state index contributed by atoms with van der Waals surface area (Å²) < 4.78 is 0. The van der Waals surface area contributed by atoms with E-state index in [1.165, 1.54) is 0 Å². The summed E-state index contributed by atoms with van der Waals surface area (Å²) in [6, 6.07) is 0. The van der Waals surface area contributed by atoms with E-state index in [1.54, 1.807) is 24.9 Å². The number of imidazole rings is 2. The van der Waals surface area contributed by atoms with E-state index < -0.39 is 0 Å². The summed E-state index contributed by atoms with van der Waals surface area (Å²) in [5.74, 6) is 0.965. The van der Waals surface area contributed by atoms with Crippen LogP contribution in [0.4, 0.5) is 0 Å². The van der Waals surface area contributed by atoms with Crippen LogP contribution in [-0.4, -0.2) is 33.0 Å². The maximum Gasteiger partial charge on any atom is 0.107 e. The van der Waals surface area contributed by atoms with Gasteiger partial charge in [-0.2, -0.15) is 0 Å². The minimum absolute atomic E-state index is 0.660. The molecule has 88 valence electrons. The molecule has 16 heavy (non-hydrogen) atoms. The lowest BCUT2D eigenvalue weighted by Gasteiger charge is -1.86. The second-order valence-corrected chi connectivity index (χ2v) is 3.19. The molecule has 0 unspecified atom stereocenters. The quantitative estimate of drug-likeness (QED) is 0.575. The van der Waals surface area contributed by atoms with Crippen molar-refractivity contribution in [1.29, 1.82) is 0 Å². The zero-order chi connectivity index (χ0) is 11.6. The molecule has 6 heteroatoms. The van der Waals surface area contributed by atoms with Crippen molar-refractivity contribution in [2.24, 2.45) is 11.5 Å². The predicted molar refractivity (Wildman–Crippen MR) is 62.7 cm³/mol. The summed E-state index contributed by atoms with van der Waals surface area (Å²) in [6.45, 7) is 1.34. The van der Waals surface area contributed by atoms with Crippen LogP contribution in [0.3, 0.4) is 0 Å². The van der Waals surface area contributed by atoms with Crippen molar-refractivity contribution in [3.63, 3.8) is 0 Å². The lowest BCUT2D eigenvalue weighted by atomic mass is 10.3. The minimum Gasteiger partial charge on any atom is -0.349 e. The fourth-order valence-corrected chi connectivity index (χ4v) is 1.15. The Morgan fingerprint density at radius 1 is 1.12 bits per heavy atom. The molecule has 0 fully saturated rings. The Kier molecular flexibility index (Phi) is 5.90. The summed E-state index contributed by atoms with van der Waals surface area (Å²) in [5.41, 5.74) is 11.6. The van der Waals surface area contributed by atoms with Crippen LogP contribution in [0.5, 0.6) is 0 Å². The molecule has 0 amide bonds. The van der Waals surface area contributed by atoms with Crippen LogP contribution in [0.1, 0.15) is 11.5 Å². The predicted octanol–water partition coefficient (Wildman–Crippen LogP) is -0.178. The lowest BCUT2D eigenvalue weighted by molar-refractivity contribution is 0.894. The Bertz CT molecular complexity index is 303. The van der Waals surface area contributed by atoms with Gasteiger partial charge in [0.1, 0.15) is 5.82 Å². The molecule has 2 aromatic heterocycles. The van der Waals surface area contributed by atoms with E-state index in [9.17, 15) is 0 Å². The van der Waals surface area contributed by atoms with Crippen LogP contribution >= 0.6 is 0 Å². The topological polar surface area (TPSA) is 109 Å². The van der Waals surface area contributed by atoms with E-state index in [4.69, 9.17) is 11.5 Å². The Balaban J connectivity index is 0.000000160. The molecular formula is C10H18N6. The molecule has 0 aliphatic heterocycles. The highest BCUT2D eigenvalue weighted by atomic mass is 14.9. The summed E-state index contributed by atoms with van der Waals surface area (Å²) >= 11 is 0. The second-order valence-electron chi connectivity index (χ2n) is 3.19. The monoisotopic (exact) mass is 222 g/mol. The van der Waals surface area contributed by atoms with Gasteiger partial charge in [0, 0.05) is 37.1 Å². The first kappa shape index (κ1) is 12.4. The van der Waals surface area contributed by atoms with E-state index in [1.807, 2.05) is 0 Å². The molecule has 0 saturated heterocycles. The number of rotatable bonds is 4. The minimum atomic E-state index is 0.660. The number of nitrogens with two attached hydrogens (primary N) is 2. The van der Waals surface area contributed by atoms with Crippen molar-refractivity contribution < 1.29 is 0 Å². The smallest absolute Gasteiger partial charge is 0.107 e. The fourth-order valence-electron chi connectivity index (χ4n) is 1.15. The van der Waals surface area contributed by atoms with Gasteiger partial charge in [0.15, 0.2) is 0 Å². The molecule has 0 aliphatic carbocycles. The van der Waals surface area contributed by atoms with Crippen molar-refractivity contribution in [3.8, 4) is 0 Å². The molecule has 2 aromatic rings. The fraction of sp³-hybridized carbons (Fsp3) is 0.400. The number of hydrogen-bond acceptors (Lipinski definition) is 4. The van der Waals surface area contributed by atoms with Crippen LogP contribution in [0, 0.1) is 0 Å². The third-order valence-corrected chi connectivity index (χ3v) is 1.90. The van der Waals surface area contributed by atoms with Gasteiger partial charge in [-0.25, -0.2) is 9.97 Å². The molecule has 0 bridgehead atoms. The third kappa shape index (κ3) is 4.72. The van der Waals surface area contributed by atoms with Crippen LogP contribution in [-0.2, 0) is 12.8 Å².